The maximum absolute atomic E-state index is 10.7. The van der Waals surface area contributed by atoms with Gasteiger partial charge in [0.25, 0.3) is 0 Å². The molecule has 0 aliphatic rings. The zero-order valence-electron chi connectivity index (χ0n) is 8.27. The monoisotopic (exact) mass is 193 g/mol. The molecule has 76 valence electrons. The normalized spacial score (nSPS) is 12.4. The van der Waals surface area contributed by atoms with E-state index in [0.29, 0.717) is 13.2 Å². The largest absolute Gasteiger partial charge is 0.376 e. The van der Waals surface area contributed by atoms with Gasteiger partial charge in [-0.3, -0.25) is 4.79 Å². The number of hydrogen-bond acceptors (Lipinski definition) is 2. The lowest BCUT2D eigenvalue weighted by molar-refractivity contribution is -0.123. The summed E-state index contributed by atoms with van der Waals surface area (Å²) >= 11 is 0. The van der Waals surface area contributed by atoms with Crippen molar-refractivity contribution in [2.45, 2.75) is 13.5 Å². The Labute approximate surface area is 83.9 Å². The van der Waals surface area contributed by atoms with Crippen molar-refractivity contribution >= 4 is 5.91 Å². The highest BCUT2D eigenvalue weighted by molar-refractivity contribution is 5.76. The number of carbonyl (C=O) groups excluding carboxylic acids is 1. The third-order valence-electron chi connectivity index (χ3n) is 1.97. The van der Waals surface area contributed by atoms with Crippen molar-refractivity contribution in [3.8, 4) is 0 Å². The fourth-order valence-electron chi connectivity index (χ4n) is 1.01. The highest BCUT2D eigenvalue weighted by Crippen LogP contribution is 2.02. The van der Waals surface area contributed by atoms with E-state index in [4.69, 9.17) is 10.5 Å². The summed E-state index contributed by atoms with van der Waals surface area (Å²) in [6, 6.07) is 9.83. The van der Waals surface area contributed by atoms with Crippen LogP contribution in [0.15, 0.2) is 30.3 Å². The number of carbonyl (C=O) groups is 1. The molecule has 0 aromatic heterocycles. The van der Waals surface area contributed by atoms with Crippen LogP contribution in [0.3, 0.4) is 0 Å². The lowest BCUT2D eigenvalue weighted by atomic mass is 10.2. The second-order valence-electron chi connectivity index (χ2n) is 3.30. The SMILES string of the molecule is C[C@H](COCc1ccccc1)C(N)=O. The van der Waals surface area contributed by atoms with Crippen molar-refractivity contribution in [1.29, 1.82) is 0 Å². The van der Waals surface area contributed by atoms with Crippen LogP contribution >= 0.6 is 0 Å². The number of ether oxygens (including phenoxy) is 1. The van der Waals surface area contributed by atoms with Crippen LogP contribution in [-0.2, 0) is 16.1 Å². The highest BCUT2D eigenvalue weighted by Gasteiger charge is 2.07. The Morgan fingerprint density at radius 1 is 1.43 bits per heavy atom. The van der Waals surface area contributed by atoms with Crippen LogP contribution in [0.1, 0.15) is 12.5 Å². The van der Waals surface area contributed by atoms with Gasteiger partial charge >= 0.3 is 0 Å². The topological polar surface area (TPSA) is 52.3 Å². The smallest absolute Gasteiger partial charge is 0.222 e. The van der Waals surface area contributed by atoms with E-state index in [1.807, 2.05) is 30.3 Å². The minimum atomic E-state index is -0.321. The first-order chi connectivity index (χ1) is 6.70. The van der Waals surface area contributed by atoms with Crippen LogP contribution in [0.2, 0.25) is 0 Å². The predicted molar refractivity (Wildman–Crippen MR) is 54.5 cm³/mol. The van der Waals surface area contributed by atoms with Gasteiger partial charge in [-0.05, 0) is 5.56 Å². The molecule has 0 fully saturated rings. The Kier molecular flexibility index (Phi) is 4.13. The highest BCUT2D eigenvalue weighted by atomic mass is 16.5. The number of nitrogens with two attached hydrogens (primary N) is 1. The van der Waals surface area contributed by atoms with Gasteiger partial charge in [-0.2, -0.15) is 0 Å². The summed E-state index contributed by atoms with van der Waals surface area (Å²) in [5.74, 6) is -0.545. The van der Waals surface area contributed by atoms with Gasteiger partial charge in [0.05, 0.1) is 19.1 Å². The molecule has 0 aliphatic carbocycles. The first-order valence-corrected chi connectivity index (χ1v) is 4.61. The molecule has 0 unspecified atom stereocenters. The molecule has 0 radical (unpaired) electrons. The van der Waals surface area contributed by atoms with Crippen LogP contribution in [-0.4, -0.2) is 12.5 Å². The van der Waals surface area contributed by atoms with Crippen molar-refractivity contribution in [3.05, 3.63) is 35.9 Å². The lowest BCUT2D eigenvalue weighted by Gasteiger charge is -2.07. The maximum Gasteiger partial charge on any atom is 0.222 e. The molecule has 0 saturated carbocycles. The number of hydrogen-bond donors (Lipinski definition) is 1. The van der Waals surface area contributed by atoms with E-state index in [1.165, 1.54) is 0 Å². The Bertz CT molecular complexity index is 285. The molecule has 2 N–H and O–H groups in total. The molecule has 0 bridgehead atoms. The summed E-state index contributed by atoms with van der Waals surface area (Å²) in [6.45, 7) is 2.66. The Balaban J connectivity index is 2.26. The van der Waals surface area contributed by atoms with Crippen LogP contribution in [0.4, 0.5) is 0 Å². The van der Waals surface area contributed by atoms with Gasteiger partial charge in [-0.25, -0.2) is 0 Å². The van der Waals surface area contributed by atoms with Gasteiger partial charge in [0.15, 0.2) is 0 Å². The second-order valence-corrected chi connectivity index (χ2v) is 3.30. The van der Waals surface area contributed by atoms with Crippen LogP contribution in [0.25, 0.3) is 0 Å². The van der Waals surface area contributed by atoms with Gasteiger partial charge in [0, 0.05) is 0 Å². The van der Waals surface area contributed by atoms with Gasteiger partial charge in [-0.15, -0.1) is 0 Å². The second kappa shape index (κ2) is 5.40. The quantitative estimate of drug-likeness (QED) is 0.766. The lowest BCUT2D eigenvalue weighted by Crippen LogP contribution is -2.24. The minimum Gasteiger partial charge on any atom is -0.376 e. The van der Waals surface area contributed by atoms with E-state index in [0.717, 1.165) is 5.56 Å². The van der Waals surface area contributed by atoms with Crippen molar-refractivity contribution in [2.24, 2.45) is 11.7 Å². The van der Waals surface area contributed by atoms with E-state index >= 15 is 0 Å². The predicted octanol–water partition coefficient (Wildman–Crippen LogP) is 1.32. The summed E-state index contributed by atoms with van der Waals surface area (Å²) in [5, 5.41) is 0. The minimum absolute atomic E-state index is 0.223. The molecule has 0 aliphatic heterocycles. The summed E-state index contributed by atoms with van der Waals surface area (Å²) in [4.78, 5) is 10.7. The van der Waals surface area contributed by atoms with Crippen LogP contribution in [0.5, 0.6) is 0 Å². The van der Waals surface area contributed by atoms with E-state index in [-0.39, 0.29) is 11.8 Å². The van der Waals surface area contributed by atoms with E-state index < -0.39 is 0 Å². The molecular formula is C11H15NO2. The van der Waals surface area contributed by atoms with Crippen molar-refractivity contribution in [2.75, 3.05) is 6.61 Å². The van der Waals surface area contributed by atoms with E-state index in [9.17, 15) is 4.79 Å². The van der Waals surface area contributed by atoms with Gasteiger partial charge in [-0.1, -0.05) is 37.3 Å². The van der Waals surface area contributed by atoms with E-state index in [2.05, 4.69) is 0 Å². The van der Waals surface area contributed by atoms with Crippen molar-refractivity contribution in [3.63, 3.8) is 0 Å². The van der Waals surface area contributed by atoms with Crippen LogP contribution < -0.4 is 5.73 Å². The molecular weight excluding hydrogens is 178 g/mol. The number of rotatable bonds is 5. The summed E-state index contributed by atoms with van der Waals surface area (Å²) in [6.07, 6.45) is 0. The molecule has 1 rings (SSSR count). The first kappa shape index (κ1) is 10.7. The molecule has 1 aromatic rings. The summed E-state index contributed by atoms with van der Waals surface area (Å²) < 4.78 is 5.34. The molecule has 0 heterocycles. The zero-order chi connectivity index (χ0) is 10.4. The molecule has 0 spiro atoms. The fraction of sp³-hybridized carbons (Fsp3) is 0.364. The van der Waals surface area contributed by atoms with Crippen molar-refractivity contribution in [1.82, 2.24) is 0 Å². The molecule has 1 amide bonds. The van der Waals surface area contributed by atoms with Gasteiger partial charge in [0.1, 0.15) is 0 Å². The zero-order valence-corrected chi connectivity index (χ0v) is 8.27. The van der Waals surface area contributed by atoms with Gasteiger partial charge in [0.2, 0.25) is 5.91 Å². The standard InChI is InChI=1S/C11H15NO2/c1-9(11(12)13)7-14-8-10-5-3-2-4-6-10/h2-6,9H,7-8H2,1H3,(H2,12,13)/t9-/m1/s1. The summed E-state index contributed by atoms with van der Waals surface area (Å²) in [7, 11) is 0. The average Bonchev–Trinajstić information content (AvgIpc) is 2.19. The van der Waals surface area contributed by atoms with Crippen molar-refractivity contribution < 1.29 is 9.53 Å². The summed E-state index contributed by atoms with van der Waals surface area (Å²) in [5.41, 5.74) is 6.20. The molecule has 3 heteroatoms. The molecule has 14 heavy (non-hydrogen) atoms. The fourth-order valence-corrected chi connectivity index (χ4v) is 1.01. The third kappa shape index (κ3) is 3.58. The molecule has 3 nitrogen and oxygen atoms in total. The molecule has 1 aromatic carbocycles. The first-order valence-electron chi connectivity index (χ1n) is 4.61. The Morgan fingerprint density at radius 2 is 2.07 bits per heavy atom. The number of primary amides is 1. The maximum atomic E-state index is 10.7. The van der Waals surface area contributed by atoms with E-state index in [1.54, 1.807) is 6.92 Å². The Hall–Kier alpha value is -1.35. The van der Waals surface area contributed by atoms with Gasteiger partial charge < -0.3 is 10.5 Å². The molecule has 1 atom stereocenters. The molecule has 0 saturated heterocycles. The Morgan fingerprint density at radius 3 is 2.64 bits per heavy atom. The average molecular weight is 193 g/mol. The third-order valence-corrected chi connectivity index (χ3v) is 1.97. The van der Waals surface area contributed by atoms with Crippen LogP contribution in [0, 0.1) is 5.92 Å². The number of benzene rings is 1. The number of amides is 1.